The van der Waals surface area contributed by atoms with E-state index in [2.05, 4.69) is 118 Å². The van der Waals surface area contributed by atoms with Crippen molar-refractivity contribution < 1.29 is 4.42 Å². The number of nitrogens with zero attached hydrogens (tertiary/aromatic N) is 3. The van der Waals surface area contributed by atoms with Gasteiger partial charge < -0.3 is 8.98 Å². The summed E-state index contributed by atoms with van der Waals surface area (Å²) in [5.74, 6) is 0.891. The van der Waals surface area contributed by atoms with E-state index >= 15 is 0 Å². The van der Waals surface area contributed by atoms with Crippen molar-refractivity contribution in [2.45, 2.75) is 0 Å². The maximum absolute atomic E-state index is 6.76. The third kappa shape index (κ3) is 2.65. The maximum atomic E-state index is 6.76. The second-order valence-corrected chi connectivity index (χ2v) is 9.98. The minimum absolute atomic E-state index is 0.891. The molecule has 0 N–H and O–H groups in total. The minimum atomic E-state index is 0.891. The van der Waals surface area contributed by atoms with Crippen LogP contribution < -0.4 is 0 Å². The topological polar surface area (TPSA) is 35.9 Å². The highest BCUT2D eigenvalue weighted by Gasteiger charge is 2.27. The van der Waals surface area contributed by atoms with Gasteiger partial charge in [-0.3, -0.25) is 4.57 Å². The predicted molar refractivity (Wildman–Crippen MR) is 160 cm³/mol. The van der Waals surface area contributed by atoms with Crippen LogP contribution in [-0.2, 0) is 0 Å². The van der Waals surface area contributed by atoms with Crippen molar-refractivity contribution in [1.82, 2.24) is 14.1 Å². The summed E-state index contributed by atoms with van der Waals surface area (Å²) in [5, 5.41) is 6.92. The molecule has 0 aliphatic carbocycles. The molecule has 0 unspecified atom stereocenters. The molecule has 9 rings (SSSR count). The van der Waals surface area contributed by atoms with Crippen molar-refractivity contribution in [2.24, 2.45) is 0 Å². The Morgan fingerprint density at radius 3 is 1.87 bits per heavy atom. The van der Waals surface area contributed by atoms with Crippen LogP contribution in [-0.4, -0.2) is 14.1 Å². The lowest BCUT2D eigenvalue weighted by Gasteiger charge is -2.12. The molecule has 182 valence electrons. The Balaban J connectivity index is 1.71. The van der Waals surface area contributed by atoms with E-state index in [0.29, 0.717) is 0 Å². The fourth-order valence-corrected chi connectivity index (χ4v) is 6.45. The molecule has 0 aliphatic rings. The highest BCUT2D eigenvalue weighted by molar-refractivity contribution is 6.39. The fourth-order valence-electron chi connectivity index (χ4n) is 6.45. The van der Waals surface area contributed by atoms with Gasteiger partial charge in [0.15, 0.2) is 0 Å². The number of furan rings is 1. The number of fused-ring (bicyclic) bond motifs is 12. The first-order valence-electron chi connectivity index (χ1n) is 13.2. The van der Waals surface area contributed by atoms with Crippen LogP contribution in [0.1, 0.15) is 0 Å². The predicted octanol–water partition coefficient (Wildman–Crippen LogP) is 9.18. The SMILES string of the molecule is c1ccc(-n2c3ccccc3c3c4oc5ccccc5c4c4c5ccccc5n(-c5ccccn5)c4c32)cc1. The summed E-state index contributed by atoms with van der Waals surface area (Å²) in [6.45, 7) is 0. The van der Waals surface area contributed by atoms with E-state index in [4.69, 9.17) is 9.40 Å². The highest BCUT2D eigenvalue weighted by atomic mass is 16.3. The summed E-state index contributed by atoms with van der Waals surface area (Å²) in [4.78, 5) is 4.84. The second kappa shape index (κ2) is 7.59. The number of para-hydroxylation sites is 4. The van der Waals surface area contributed by atoms with E-state index in [1.807, 2.05) is 18.3 Å². The van der Waals surface area contributed by atoms with E-state index < -0.39 is 0 Å². The average molecular weight is 500 g/mol. The maximum Gasteiger partial charge on any atom is 0.146 e. The lowest BCUT2D eigenvalue weighted by atomic mass is 10.0. The van der Waals surface area contributed by atoms with Crippen molar-refractivity contribution >= 4 is 65.6 Å². The summed E-state index contributed by atoms with van der Waals surface area (Å²) in [6, 6.07) is 42.4. The van der Waals surface area contributed by atoms with Gasteiger partial charge in [0, 0.05) is 38.8 Å². The summed E-state index contributed by atoms with van der Waals surface area (Å²) in [6.07, 6.45) is 1.87. The van der Waals surface area contributed by atoms with Crippen molar-refractivity contribution in [3.8, 4) is 11.5 Å². The Morgan fingerprint density at radius 2 is 1.10 bits per heavy atom. The van der Waals surface area contributed by atoms with Gasteiger partial charge in [0.05, 0.1) is 27.5 Å². The Bertz CT molecular complexity index is 2370. The summed E-state index contributed by atoms with van der Waals surface area (Å²) in [7, 11) is 0. The first kappa shape index (κ1) is 20.7. The molecule has 4 heterocycles. The van der Waals surface area contributed by atoms with Crippen molar-refractivity contribution in [1.29, 1.82) is 0 Å². The van der Waals surface area contributed by atoms with Crippen LogP contribution in [0.5, 0.6) is 0 Å². The van der Waals surface area contributed by atoms with Crippen molar-refractivity contribution in [2.75, 3.05) is 0 Å². The molecule has 0 saturated heterocycles. The van der Waals surface area contributed by atoms with Crippen LogP contribution in [0.4, 0.5) is 0 Å². The zero-order valence-electron chi connectivity index (χ0n) is 20.9. The monoisotopic (exact) mass is 499 g/mol. The molecule has 0 fully saturated rings. The molecular weight excluding hydrogens is 478 g/mol. The molecule has 5 aromatic carbocycles. The molecule has 0 radical (unpaired) electrons. The Labute approximate surface area is 222 Å². The van der Waals surface area contributed by atoms with E-state index in [1.165, 1.54) is 16.2 Å². The van der Waals surface area contributed by atoms with Crippen LogP contribution in [0.3, 0.4) is 0 Å². The quantitative estimate of drug-likeness (QED) is 0.238. The number of pyridine rings is 1. The molecule has 4 nitrogen and oxygen atoms in total. The molecular formula is C35H21N3O. The third-order valence-corrected chi connectivity index (χ3v) is 7.94. The van der Waals surface area contributed by atoms with Crippen molar-refractivity contribution in [3.05, 3.63) is 128 Å². The number of hydrogen-bond donors (Lipinski definition) is 0. The van der Waals surface area contributed by atoms with E-state index in [1.54, 1.807) is 0 Å². The lowest BCUT2D eigenvalue weighted by Crippen LogP contribution is -2.00. The number of benzene rings is 5. The smallest absolute Gasteiger partial charge is 0.146 e. The Hall–Kier alpha value is -5.35. The van der Waals surface area contributed by atoms with Gasteiger partial charge in [-0.25, -0.2) is 4.98 Å². The molecule has 0 aliphatic heterocycles. The minimum Gasteiger partial charge on any atom is -0.455 e. The van der Waals surface area contributed by atoms with Gasteiger partial charge in [0.2, 0.25) is 0 Å². The van der Waals surface area contributed by atoms with Gasteiger partial charge in [-0.05, 0) is 42.5 Å². The van der Waals surface area contributed by atoms with Gasteiger partial charge in [-0.2, -0.15) is 0 Å². The average Bonchev–Trinajstić information content (AvgIpc) is 3.66. The van der Waals surface area contributed by atoms with Crippen LogP contribution in [0, 0.1) is 0 Å². The molecule has 39 heavy (non-hydrogen) atoms. The molecule has 0 atom stereocenters. The fraction of sp³-hybridized carbons (Fsp3) is 0. The lowest BCUT2D eigenvalue weighted by molar-refractivity contribution is 0.673. The normalized spacial score (nSPS) is 12.1. The van der Waals surface area contributed by atoms with Gasteiger partial charge in [-0.15, -0.1) is 0 Å². The first-order valence-corrected chi connectivity index (χ1v) is 13.2. The van der Waals surface area contributed by atoms with Crippen LogP contribution in [0.2, 0.25) is 0 Å². The Kier molecular flexibility index (Phi) is 4.02. The van der Waals surface area contributed by atoms with Gasteiger partial charge in [0.25, 0.3) is 0 Å². The van der Waals surface area contributed by atoms with Crippen LogP contribution >= 0.6 is 0 Å². The molecule has 0 bridgehead atoms. The van der Waals surface area contributed by atoms with Gasteiger partial charge in [-0.1, -0.05) is 78.9 Å². The summed E-state index contributed by atoms with van der Waals surface area (Å²) in [5.41, 5.74) is 7.44. The largest absolute Gasteiger partial charge is 0.455 e. The summed E-state index contributed by atoms with van der Waals surface area (Å²) >= 11 is 0. The Morgan fingerprint density at radius 1 is 0.487 bits per heavy atom. The van der Waals surface area contributed by atoms with E-state index in [-0.39, 0.29) is 0 Å². The van der Waals surface area contributed by atoms with E-state index in [9.17, 15) is 0 Å². The number of rotatable bonds is 2. The van der Waals surface area contributed by atoms with Crippen LogP contribution in [0.25, 0.3) is 77.1 Å². The van der Waals surface area contributed by atoms with Gasteiger partial charge in [0.1, 0.15) is 17.0 Å². The number of aromatic nitrogens is 3. The van der Waals surface area contributed by atoms with Crippen molar-refractivity contribution in [3.63, 3.8) is 0 Å². The zero-order chi connectivity index (χ0) is 25.5. The molecule has 9 aromatic rings. The van der Waals surface area contributed by atoms with Gasteiger partial charge >= 0.3 is 0 Å². The number of hydrogen-bond acceptors (Lipinski definition) is 2. The molecule has 0 saturated carbocycles. The second-order valence-electron chi connectivity index (χ2n) is 9.98. The third-order valence-electron chi connectivity index (χ3n) is 7.94. The highest BCUT2D eigenvalue weighted by Crippen LogP contribution is 2.49. The molecule has 0 amide bonds. The van der Waals surface area contributed by atoms with E-state index in [0.717, 1.165) is 60.9 Å². The standard InChI is InChI=1S/C35H21N3O/c1-2-12-22(13-3-1)37-26-17-7-5-15-24(26)32-34(37)33-30(31-25-16-6-9-19-28(25)39-35(31)32)23-14-4-8-18-27(23)38(33)29-20-10-11-21-36-29/h1-21H. The molecule has 0 spiro atoms. The zero-order valence-corrected chi connectivity index (χ0v) is 20.9. The molecule has 4 aromatic heterocycles. The summed E-state index contributed by atoms with van der Waals surface area (Å²) < 4.78 is 11.5. The molecule has 4 heteroatoms. The first-order chi connectivity index (χ1) is 19.4. The van der Waals surface area contributed by atoms with Crippen LogP contribution in [0.15, 0.2) is 132 Å².